The van der Waals surface area contributed by atoms with Crippen molar-refractivity contribution in [1.29, 1.82) is 0 Å². The fraction of sp³-hybridized carbons (Fsp3) is 0.542. The highest BCUT2D eigenvalue weighted by Gasteiger charge is 2.25. The molecular formula is C24H32N4O2. The van der Waals surface area contributed by atoms with Crippen molar-refractivity contribution in [2.45, 2.75) is 58.4 Å². The Balaban J connectivity index is 1.19. The normalized spacial score (nSPS) is 18.2. The third-order valence-corrected chi connectivity index (χ3v) is 6.23. The molecule has 1 aliphatic carbocycles. The Hall–Kier alpha value is -2.47. The molecule has 1 aliphatic heterocycles. The van der Waals surface area contributed by atoms with Gasteiger partial charge in [-0.2, -0.15) is 4.98 Å². The first-order valence-corrected chi connectivity index (χ1v) is 11.2. The van der Waals surface area contributed by atoms with Crippen LogP contribution in [0.25, 0.3) is 11.4 Å². The Bertz CT molecular complexity index is 864. The third kappa shape index (κ3) is 5.57. The molecule has 0 radical (unpaired) electrons. The van der Waals surface area contributed by atoms with Gasteiger partial charge in [-0.05, 0) is 65.0 Å². The van der Waals surface area contributed by atoms with E-state index in [1.165, 1.54) is 36.8 Å². The lowest BCUT2D eigenvalue weighted by molar-refractivity contribution is -0.126. The summed E-state index contributed by atoms with van der Waals surface area (Å²) < 4.78 is 5.45. The van der Waals surface area contributed by atoms with Crippen LogP contribution in [0.3, 0.4) is 0 Å². The number of nitrogens with one attached hydrogen (secondary N) is 1. The maximum atomic E-state index is 12.5. The number of carbonyl (C=O) groups excluding carboxylic acids is 1. The van der Waals surface area contributed by atoms with E-state index in [4.69, 9.17) is 4.52 Å². The van der Waals surface area contributed by atoms with Crippen molar-refractivity contribution in [1.82, 2.24) is 20.4 Å². The zero-order valence-corrected chi connectivity index (χ0v) is 17.9. The van der Waals surface area contributed by atoms with Crippen molar-refractivity contribution in [3.05, 3.63) is 47.4 Å². The molecule has 0 atom stereocenters. The number of piperidine rings is 1. The van der Waals surface area contributed by atoms with E-state index in [0.717, 1.165) is 44.5 Å². The van der Waals surface area contributed by atoms with Crippen LogP contribution >= 0.6 is 0 Å². The Morgan fingerprint density at radius 1 is 1.20 bits per heavy atom. The summed E-state index contributed by atoms with van der Waals surface area (Å²) in [6.45, 7) is 5.23. The van der Waals surface area contributed by atoms with Gasteiger partial charge in [0.2, 0.25) is 17.6 Å². The minimum absolute atomic E-state index is 0.118. The second kappa shape index (κ2) is 10.0. The molecule has 0 unspecified atom stereocenters. The van der Waals surface area contributed by atoms with Crippen LogP contribution in [0, 0.1) is 12.8 Å². The molecule has 2 heterocycles. The SMILES string of the molecule is Cc1ccc(-c2noc(CN3CCC(C(=O)NCCC4=CCCCC4)CC3)n2)cc1. The molecular weight excluding hydrogens is 376 g/mol. The first kappa shape index (κ1) is 20.8. The fourth-order valence-corrected chi connectivity index (χ4v) is 4.31. The minimum Gasteiger partial charge on any atom is -0.356 e. The maximum Gasteiger partial charge on any atom is 0.241 e. The largest absolute Gasteiger partial charge is 0.356 e. The highest BCUT2D eigenvalue weighted by molar-refractivity contribution is 5.78. The number of nitrogens with zero attached hydrogens (tertiary/aromatic N) is 3. The summed E-state index contributed by atoms with van der Waals surface area (Å²) >= 11 is 0. The Kier molecular flexibility index (Phi) is 6.95. The van der Waals surface area contributed by atoms with E-state index in [1.54, 1.807) is 0 Å². The third-order valence-electron chi connectivity index (χ3n) is 6.23. The monoisotopic (exact) mass is 408 g/mol. The number of carbonyl (C=O) groups is 1. The smallest absolute Gasteiger partial charge is 0.241 e. The predicted octanol–water partition coefficient (Wildman–Crippen LogP) is 4.26. The van der Waals surface area contributed by atoms with Crippen molar-refractivity contribution in [3.8, 4) is 11.4 Å². The summed E-state index contributed by atoms with van der Waals surface area (Å²) in [6, 6.07) is 8.12. The average Bonchev–Trinajstić information content (AvgIpc) is 3.24. The first-order chi connectivity index (χ1) is 14.7. The van der Waals surface area contributed by atoms with E-state index in [0.29, 0.717) is 18.3 Å². The van der Waals surface area contributed by atoms with Gasteiger partial charge in [0.1, 0.15) is 0 Å². The van der Waals surface area contributed by atoms with E-state index in [9.17, 15) is 4.79 Å². The molecule has 2 aromatic rings. The lowest BCUT2D eigenvalue weighted by atomic mass is 9.95. The molecule has 6 heteroatoms. The molecule has 2 aliphatic rings. The Morgan fingerprint density at radius 3 is 2.73 bits per heavy atom. The molecule has 30 heavy (non-hydrogen) atoms. The van der Waals surface area contributed by atoms with Gasteiger partial charge in [0, 0.05) is 18.0 Å². The molecule has 1 fully saturated rings. The van der Waals surface area contributed by atoms with E-state index >= 15 is 0 Å². The molecule has 1 amide bonds. The molecule has 1 N–H and O–H groups in total. The molecule has 0 saturated carbocycles. The average molecular weight is 409 g/mol. The van der Waals surface area contributed by atoms with Crippen LogP contribution in [0.2, 0.25) is 0 Å². The lowest BCUT2D eigenvalue weighted by Gasteiger charge is -2.30. The number of benzene rings is 1. The predicted molar refractivity (Wildman–Crippen MR) is 117 cm³/mol. The van der Waals surface area contributed by atoms with Gasteiger partial charge in [-0.15, -0.1) is 0 Å². The van der Waals surface area contributed by atoms with Crippen molar-refractivity contribution >= 4 is 5.91 Å². The van der Waals surface area contributed by atoms with Gasteiger partial charge in [-0.1, -0.05) is 46.6 Å². The summed E-state index contributed by atoms with van der Waals surface area (Å²) in [6.07, 6.45) is 10.1. The summed E-state index contributed by atoms with van der Waals surface area (Å²) in [7, 11) is 0. The van der Waals surface area contributed by atoms with Crippen LogP contribution in [-0.2, 0) is 11.3 Å². The molecule has 1 aromatic carbocycles. The fourth-order valence-electron chi connectivity index (χ4n) is 4.31. The number of allylic oxidation sites excluding steroid dienone is 1. The first-order valence-electron chi connectivity index (χ1n) is 11.2. The number of hydrogen-bond acceptors (Lipinski definition) is 5. The van der Waals surface area contributed by atoms with E-state index in [1.807, 2.05) is 24.3 Å². The molecule has 160 valence electrons. The number of aromatic nitrogens is 2. The van der Waals surface area contributed by atoms with E-state index < -0.39 is 0 Å². The molecule has 1 saturated heterocycles. The van der Waals surface area contributed by atoms with Crippen molar-refractivity contribution in [3.63, 3.8) is 0 Å². The highest BCUT2D eigenvalue weighted by Crippen LogP contribution is 2.22. The second-order valence-corrected chi connectivity index (χ2v) is 8.58. The number of aryl methyl sites for hydroxylation is 1. The molecule has 1 aromatic heterocycles. The van der Waals surface area contributed by atoms with Gasteiger partial charge >= 0.3 is 0 Å². The topological polar surface area (TPSA) is 71.3 Å². The van der Waals surface area contributed by atoms with Crippen LogP contribution in [-0.4, -0.2) is 40.6 Å². The summed E-state index contributed by atoms with van der Waals surface area (Å²) in [5.41, 5.74) is 3.69. The van der Waals surface area contributed by atoms with Gasteiger partial charge in [0.05, 0.1) is 6.54 Å². The number of hydrogen-bond donors (Lipinski definition) is 1. The molecule has 4 rings (SSSR count). The summed E-state index contributed by atoms with van der Waals surface area (Å²) in [4.78, 5) is 19.3. The lowest BCUT2D eigenvalue weighted by Crippen LogP contribution is -2.40. The number of amides is 1. The molecule has 0 spiro atoms. The minimum atomic E-state index is 0.118. The van der Waals surface area contributed by atoms with Crippen LogP contribution in [0.5, 0.6) is 0 Å². The van der Waals surface area contributed by atoms with Crippen molar-refractivity contribution in [2.75, 3.05) is 19.6 Å². The standard InChI is InChI=1S/C24H32N4O2/c1-18-7-9-20(10-8-18)23-26-22(30-27-23)17-28-15-12-21(13-16-28)24(29)25-14-11-19-5-3-2-4-6-19/h5,7-10,21H,2-4,6,11-17H2,1H3,(H,25,29). The van der Waals surface area contributed by atoms with E-state index in [-0.39, 0.29) is 11.8 Å². The zero-order valence-electron chi connectivity index (χ0n) is 17.9. The van der Waals surface area contributed by atoms with Gasteiger partial charge in [0.25, 0.3) is 0 Å². The Labute approximate surface area is 178 Å². The van der Waals surface area contributed by atoms with Crippen LogP contribution in [0.15, 0.2) is 40.4 Å². The van der Waals surface area contributed by atoms with Crippen molar-refractivity contribution < 1.29 is 9.32 Å². The highest BCUT2D eigenvalue weighted by atomic mass is 16.5. The number of likely N-dealkylation sites (tertiary alicyclic amines) is 1. The quantitative estimate of drug-likeness (QED) is 0.693. The van der Waals surface area contributed by atoms with Gasteiger partial charge in [-0.3, -0.25) is 9.69 Å². The van der Waals surface area contributed by atoms with Crippen molar-refractivity contribution in [2.24, 2.45) is 5.92 Å². The number of rotatable bonds is 7. The summed E-state index contributed by atoms with van der Waals surface area (Å²) in [5, 5.41) is 7.27. The van der Waals surface area contributed by atoms with Crippen LogP contribution < -0.4 is 5.32 Å². The second-order valence-electron chi connectivity index (χ2n) is 8.58. The molecule has 0 bridgehead atoms. The van der Waals surface area contributed by atoms with Gasteiger partial charge in [0.15, 0.2) is 0 Å². The zero-order chi connectivity index (χ0) is 20.8. The Morgan fingerprint density at radius 2 is 2.00 bits per heavy atom. The van der Waals surface area contributed by atoms with Crippen LogP contribution in [0.4, 0.5) is 0 Å². The maximum absolute atomic E-state index is 12.5. The van der Waals surface area contributed by atoms with Gasteiger partial charge in [-0.25, -0.2) is 0 Å². The van der Waals surface area contributed by atoms with Crippen LogP contribution in [0.1, 0.15) is 56.4 Å². The van der Waals surface area contributed by atoms with Gasteiger partial charge < -0.3 is 9.84 Å². The van der Waals surface area contributed by atoms with E-state index in [2.05, 4.69) is 33.4 Å². The molecule has 6 nitrogen and oxygen atoms in total. The summed E-state index contributed by atoms with van der Waals surface area (Å²) in [5.74, 6) is 1.60.